The number of aryl methyl sites for hydroxylation is 1. The van der Waals surface area contributed by atoms with Gasteiger partial charge in [-0.3, -0.25) is 9.59 Å². The number of carbonyl (C=O) groups is 2. The van der Waals surface area contributed by atoms with E-state index in [0.29, 0.717) is 25.1 Å². The van der Waals surface area contributed by atoms with E-state index < -0.39 is 5.54 Å². The minimum Gasteiger partial charge on any atom is -0.467 e. The normalized spacial score (nSPS) is 22.5. The molecule has 1 aromatic carbocycles. The van der Waals surface area contributed by atoms with Crippen molar-refractivity contribution in [2.24, 2.45) is 17.3 Å². The van der Waals surface area contributed by atoms with Gasteiger partial charge in [0.2, 0.25) is 11.8 Å². The van der Waals surface area contributed by atoms with E-state index in [9.17, 15) is 9.59 Å². The molecule has 0 radical (unpaired) electrons. The standard InChI is InChI=1S/C29H38N2O3/c1-20(2)18-24-25(28(24,4)5)26(32)31(19-23-10-9-17-34-23)29(15-7-6-8-16-29)27(33)30-22-13-11-21(3)12-14-22/h9-14,17-18,24-25H,6-8,15-16,19H2,1-5H3,(H,30,33)/t24-,25-/m1/s1. The number of furan rings is 1. The van der Waals surface area contributed by atoms with Gasteiger partial charge in [-0.2, -0.15) is 0 Å². The van der Waals surface area contributed by atoms with Crippen molar-refractivity contribution in [1.29, 1.82) is 0 Å². The zero-order chi connectivity index (χ0) is 24.5. The molecule has 34 heavy (non-hydrogen) atoms. The Morgan fingerprint density at radius 3 is 2.35 bits per heavy atom. The maximum absolute atomic E-state index is 14.2. The molecule has 0 bridgehead atoms. The molecule has 1 N–H and O–H groups in total. The van der Waals surface area contributed by atoms with E-state index in [-0.39, 0.29) is 29.1 Å². The third kappa shape index (κ3) is 4.70. The Balaban J connectivity index is 1.70. The van der Waals surface area contributed by atoms with Gasteiger partial charge in [0.15, 0.2) is 0 Å². The van der Waals surface area contributed by atoms with Gasteiger partial charge >= 0.3 is 0 Å². The smallest absolute Gasteiger partial charge is 0.250 e. The fourth-order valence-corrected chi connectivity index (χ4v) is 5.63. The maximum atomic E-state index is 14.2. The molecular weight excluding hydrogens is 424 g/mol. The first kappa shape index (κ1) is 24.3. The number of carbonyl (C=O) groups excluding carboxylic acids is 2. The van der Waals surface area contributed by atoms with Crippen LogP contribution >= 0.6 is 0 Å². The molecule has 2 atom stereocenters. The maximum Gasteiger partial charge on any atom is 0.250 e. The van der Waals surface area contributed by atoms with Gasteiger partial charge in [0, 0.05) is 5.69 Å². The van der Waals surface area contributed by atoms with E-state index >= 15 is 0 Å². The van der Waals surface area contributed by atoms with E-state index in [2.05, 4.69) is 39.1 Å². The van der Waals surface area contributed by atoms with Crippen LogP contribution in [0.1, 0.15) is 71.1 Å². The molecule has 182 valence electrons. The van der Waals surface area contributed by atoms with Crippen LogP contribution in [0.4, 0.5) is 5.69 Å². The van der Waals surface area contributed by atoms with Crippen LogP contribution in [-0.2, 0) is 16.1 Å². The van der Waals surface area contributed by atoms with Gasteiger partial charge in [-0.25, -0.2) is 0 Å². The molecule has 2 aromatic rings. The van der Waals surface area contributed by atoms with Crippen molar-refractivity contribution in [3.63, 3.8) is 0 Å². The lowest BCUT2D eigenvalue weighted by Crippen LogP contribution is -2.60. The summed E-state index contributed by atoms with van der Waals surface area (Å²) in [6.07, 6.45) is 8.11. The van der Waals surface area contributed by atoms with Crippen LogP contribution in [0, 0.1) is 24.2 Å². The lowest BCUT2D eigenvalue weighted by molar-refractivity contribution is -0.151. The third-order valence-corrected chi connectivity index (χ3v) is 7.78. The summed E-state index contributed by atoms with van der Waals surface area (Å²) < 4.78 is 5.67. The summed E-state index contributed by atoms with van der Waals surface area (Å²) in [6, 6.07) is 11.6. The number of anilines is 1. The number of hydrogen-bond donors (Lipinski definition) is 1. The van der Waals surface area contributed by atoms with Crippen molar-refractivity contribution in [3.05, 3.63) is 65.6 Å². The molecule has 2 saturated carbocycles. The predicted molar refractivity (Wildman–Crippen MR) is 135 cm³/mol. The highest BCUT2D eigenvalue weighted by atomic mass is 16.3. The van der Waals surface area contributed by atoms with E-state index in [1.54, 1.807) is 6.26 Å². The molecule has 1 aromatic heterocycles. The predicted octanol–water partition coefficient (Wildman–Crippen LogP) is 6.50. The molecule has 0 spiro atoms. The Labute approximate surface area is 203 Å². The highest BCUT2D eigenvalue weighted by Gasteiger charge is 2.63. The van der Waals surface area contributed by atoms with Gasteiger partial charge in [-0.15, -0.1) is 0 Å². The van der Waals surface area contributed by atoms with E-state index in [4.69, 9.17) is 4.42 Å². The van der Waals surface area contributed by atoms with Crippen molar-refractivity contribution in [2.45, 2.75) is 78.8 Å². The molecule has 0 unspecified atom stereocenters. The molecule has 1 heterocycles. The summed E-state index contributed by atoms with van der Waals surface area (Å²) in [6.45, 7) is 10.8. The minimum atomic E-state index is -0.888. The molecule has 0 aliphatic heterocycles. The van der Waals surface area contributed by atoms with Gasteiger partial charge in [0.1, 0.15) is 11.3 Å². The highest BCUT2D eigenvalue weighted by molar-refractivity contribution is 6.01. The van der Waals surface area contributed by atoms with E-state index in [0.717, 1.165) is 30.5 Å². The average molecular weight is 463 g/mol. The van der Waals surface area contributed by atoms with Crippen molar-refractivity contribution >= 4 is 17.5 Å². The first-order valence-electron chi connectivity index (χ1n) is 12.5. The van der Waals surface area contributed by atoms with Crippen LogP contribution in [0.2, 0.25) is 0 Å². The van der Waals surface area contributed by atoms with Gasteiger partial charge in [-0.1, -0.05) is 62.5 Å². The zero-order valence-electron chi connectivity index (χ0n) is 21.2. The number of benzene rings is 1. The molecule has 5 nitrogen and oxygen atoms in total. The van der Waals surface area contributed by atoms with Crippen molar-refractivity contribution in [2.75, 3.05) is 5.32 Å². The number of nitrogens with zero attached hydrogens (tertiary/aromatic N) is 1. The fraction of sp³-hybridized carbons (Fsp3) is 0.517. The summed E-state index contributed by atoms with van der Waals surface area (Å²) >= 11 is 0. The van der Waals surface area contributed by atoms with Crippen LogP contribution in [0.15, 0.2) is 58.7 Å². The molecule has 5 heteroatoms. The summed E-state index contributed by atoms with van der Waals surface area (Å²) in [5.41, 5.74) is 2.11. The van der Waals surface area contributed by atoms with Crippen LogP contribution in [0.25, 0.3) is 0 Å². The Kier molecular flexibility index (Phi) is 6.75. The lowest BCUT2D eigenvalue weighted by atomic mass is 9.78. The summed E-state index contributed by atoms with van der Waals surface area (Å²) in [4.78, 5) is 30.0. The molecule has 0 saturated heterocycles. The Hall–Kier alpha value is -2.82. The molecule has 2 aliphatic rings. The van der Waals surface area contributed by atoms with Gasteiger partial charge in [0.05, 0.1) is 18.7 Å². The molecule has 4 rings (SSSR count). The number of rotatable bonds is 7. The van der Waals surface area contributed by atoms with Crippen LogP contribution in [0.3, 0.4) is 0 Å². The summed E-state index contributed by atoms with van der Waals surface area (Å²) in [7, 11) is 0. The minimum absolute atomic E-state index is 0.0601. The highest BCUT2D eigenvalue weighted by Crippen LogP contribution is 2.60. The second-order valence-corrected chi connectivity index (χ2v) is 11.0. The van der Waals surface area contributed by atoms with Crippen LogP contribution < -0.4 is 5.32 Å². The topological polar surface area (TPSA) is 62.6 Å². The molecule has 2 fully saturated rings. The largest absolute Gasteiger partial charge is 0.467 e. The Bertz CT molecular complexity index is 1040. The zero-order valence-corrected chi connectivity index (χ0v) is 21.2. The second-order valence-electron chi connectivity index (χ2n) is 11.0. The van der Waals surface area contributed by atoms with Crippen molar-refractivity contribution < 1.29 is 14.0 Å². The molecule has 2 aliphatic carbocycles. The van der Waals surface area contributed by atoms with E-state index in [1.807, 2.05) is 48.2 Å². The van der Waals surface area contributed by atoms with Gasteiger partial charge in [-0.05, 0) is 69.2 Å². The fourth-order valence-electron chi connectivity index (χ4n) is 5.63. The third-order valence-electron chi connectivity index (χ3n) is 7.78. The average Bonchev–Trinajstić information content (AvgIpc) is 3.13. The van der Waals surface area contributed by atoms with E-state index in [1.165, 1.54) is 5.57 Å². The van der Waals surface area contributed by atoms with Crippen molar-refractivity contribution in [1.82, 2.24) is 4.90 Å². The Morgan fingerprint density at radius 2 is 1.76 bits per heavy atom. The number of hydrogen-bond acceptors (Lipinski definition) is 3. The number of nitrogens with one attached hydrogen (secondary N) is 1. The first-order valence-corrected chi connectivity index (χ1v) is 12.5. The quantitative estimate of drug-likeness (QED) is 0.478. The van der Waals surface area contributed by atoms with Gasteiger partial charge < -0.3 is 14.6 Å². The van der Waals surface area contributed by atoms with Gasteiger partial charge in [0.25, 0.3) is 0 Å². The monoisotopic (exact) mass is 462 g/mol. The number of allylic oxidation sites excluding steroid dienone is 2. The molecule has 2 amide bonds. The summed E-state index contributed by atoms with van der Waals surface area (Å²) in [5, 5.41) is 3.14. The van der Waals surface area contributed by atoms with Crippen LogP contribution in [0.5, 0.6) is 0 Å². The summed E-state index contributed by atoms with van der Waals surface area (Å²) in [5.74, 6) is 0.727. The lowest BCUT2D eigenvalue weighted by Gasteiger charge is -2.45. The Morgan fingerprint density at radius 1 is 1.09 bits per heavy atom. The number of amides is 2. The first-order chi connectivity index (χ1) is 16.1. The van der Waals surface area contributed by atoms with Crippen LogP contribution in [-0.4, -0.2) is 22.3 Å². The molecular formula is C29H38N2O3. The van der Waals surface area contributed by atoms with Crippen molar-refractivity contribution in [3.8, 4) is 0 Å². The second kappa shape index (κ2) is 9.44. The SMILES string of the molecule is CC(C)=C[C@@H]1[C@H](C(=O)N(Cc2ccco2)C2(C(=O)Nc3ccc(C)cc3)CCCCC2)C1(C)C.